The molecule has 3 N–H and O–H groups in total. The molecule has 2 aliphatic carbocycles. The highest BCUT2D eigenvalue weighted by Gasteiger charge is 2.23. The summed E-state index contributed by atoms with van der Waals surface area (Å²) in [5.41, 5.74) is 3.24. The molecule has 0 fully saturated rings. The zero-order valence-electron chi connectivity index (χ0n) is 12.3. The molecule has 0 radical (unpaired) electrons. The van der Waals surface area contributed by atoms with E-state index in [1.807, 2.05) is 30.4 Å². The van der Waals surface area contributed by atoms with Gasteiger partial charge in [-0.25, -0.2) is 0 Å². The van der Waals surface area contributed by atoms with E-state index in [2.05, 4.69) is 10.6 Å². The molecule has 0 unspecified atom stereocenters. The van der Waals surface area contributed by atoms with Gasteiger partial charge < -0.3 is 15.7 Å². The number of aliphatic hydroxyl groups is 1. The van der Waals surface area contributed by atoms with Crippen molar-refractivity contribution in [3.8, 4) is 0 Å². The topological polar surface area (TPSA) is 78.4 Å². The molecule has 3 rings (SSSR count). The van der Waals surface area contributed by atoms with Gasteiger partial charge in [0, 0.05) is 24.3 Å². The summed E-state index contributed by atoms with van der Waals surface area (Å²) >= 11 is 0. The monoisotopic (exact) mass is 300 g/mol. The molecule has 0 aliphatic heterocycles. The first-order valence-electron chi connectivity index (χ1n) is 7.68. The van der Waals surface area contributed by atoms with Crippen LogP contribution in [0.25, 0.3) is 0 Å². The van der Waals surface area contributed by atoms with Crippen molar-refractivity contribution in [1.29, 1.82) is 0 Å². The first-order chi connectivity index (χ1) is 10.7. The van der Waals surface area contributed by atoms with E-state index >= 15 is 0 Å². The third-order valence-corrected chi connectivity index (χ3v) is 4.29. The average Bonchev–Trinajstić information content (AvgIpc) is 3.15. The number of carbonyl (C=O) groups is 2. The van der Waals surface area contributed by atoms with E-state index in [0.717, 1.165) is 19.3 Å². The van der Waals surface area contributed by atoms with Crippen LogP contribution in [0.2, 0.25) is 0 Å². The number of carbonyl (C=O) groups excluding carboxylic acids is 2. The maximum atomic E-state index is 12.0. The highest BCUT2D eigenvalue weighted by atomic mass is 16.3. The predicted octanol–water partition coefficient (Wildman–Crippen LogP) is 1.17. The molecule has 2 amide bonds. The number of benzene rings is 1. The second kappa shape index (κ2) is 6.32. The van der Waals surface area contributed by atoms with Gasteiger partial charge in [-0.3, -0.25) is 9.59 Å². The molecular weight excluding hydrogens is 280 g/mol. The largest absolute Gasteiger partial charge is 0.396 e. The molecule has 0 saturated carbocycles. The van der Waals surface area contributed by atoms with Gasteiger partial charge in [0.15, 0.2) is 0 Å². The highest BCUT2D eigenvalue weighted by Crippen LogP contribution is 2.24. The van der Waals surface area contributed by atoms with E-state index in [4.69, 9.17) is 5.11 Å². The Balaban J connectivity index is 1.55. The summed E-state index contributed by atoms with van der Waals surface area (Å²) < 4.78 is 0. The Kier molecular flexibility index (Phi) is 4.24. The third kappa shape index (κ3) is 3.20. The van der Waals surface area contributed by atoms with Crippen LogP contribution in [0.15, 0.2) is 30.4 Å². The van der Waals surface area contributed by atoms with Gasteiger partial charge in [-0.1, -0.05) is 18.2 Å². The second-order valence-electron chi connectivity index (χ2n) is 5.93. The van der Waals surface area contributed by atoms with Gasteiger partial charge in [0.05, 0.1) is 0 Å². The number of hydrogen-bond acceptors (Lipinski definition) is 3. The fourth-order valence-electron chi connectivity index (χ4n) is 3.09. The second-order valence-corrected chi connectivity index (χ2v) is 5.93. The minimum atomic E-state index is -0.654. The summed E-state index contributed by atoms with van der Waals surface area (Å²) in [4.78, 5) is 23.9. The van der Waals surface area contributed by atoms with Gasteiger partial charge in [0.25, 0.3) is 0 Å². The van der Waals surface area contributed by atoms with Crippen molar-refractivity contribution in [2.24, 2.45) is 5.92 Å². The van der Waals surface area contributed by atoms with Crippen molar-refractivity contribution in [3.05, 3.63) is 41.5 Å². The van der Waals surface area contributed by atoms with E-state index in [9.17, 15) is 9.59 Å². The zero-order chi connectivity index (χ0) is 15.5. The normalized spacial score (nSPS) is 22.4. The lowest BCUT2D eigenvalue weighted by molar-refractivity contribution is -0.136. The average molecular weight is 300 g/mol. The molecule has 22 heavy (non-hydrogen) atoms. The highest BCUT2D eigenvalue weighted by molar-refractivity contribution is 6.39. The van der Waals surface area contributed by atoms with Crippen LogP contribution in [0.1, 0.15) is 24.0 Å². The zero-order valence-corrected chi connectivity index (χ0v) is 12.3. The fourth-order valence-corrected chi connectivity index (χ4v) is 3.09. The van der Waals surface area contributed by atoms with E-state index in [1.165, 1.54) is 11.1 Å². The SMILES string of the molecule is O=C(Nc1ccc2c(c1)CCC2)C(=O)N[C@@H]1C=C[C@H](CO)C1. The Morgan fingerprint density at radius 2 is 1.95 bits per heavy atom. The number of amides is 2. The maximum absolute atomic E-state index is 12.0. The molecular formula is C17H20N2O3. The number of anilines is 1. The first kappa shape index (κ1) is 14.8. The molecule has 0 spiro atoms. The molecule has 1 aromatic carbocycles. The van der Waals surface area contributed by atoms with Crippen molar-refractivity contribution >= 4 is 17.5 Å². The van der Waals surface area contributed by atoms with Crippen LogP contribution in [0.4, 0.5) is 5.69 Å². The van der Waals surface area contributed by atoms with Crippen molar-refractivity contribution in [3.63, 3.8) is 0 Å². The predicted molar refractivity (Wildman–Crippen MR) is 83.4 cm³/mol. The number of nitrogens with one attached hydrogen (secondary N) is 2. The van der Waals surface area contributed by atoms with Crippen LogP contribution in [0.5, 0.6) is 0 Å². The van der Waals surface area contributed by atoms with E-state index in [0.29, 0.717) is 12.1 Å². The smallest absolute Gasteiger partial charge is 0.313 e. The van der Waals surface area contributed by atoms with Crippen molar-refractivity contribution < 1.29 is 14.7 Å². The lowest BCUT2D eigenvalue weighted by atomic mass is 10.1. The lowest BCUT2D eigenvalue weighted by Crippen LogP contribution is -2.40. The fraction of sp³-hybridized carbons (Fsp3) is 0.412. The van der Waals surface area contributed by atoms with Gasteiger partial charge in [-0.05, 0) is 48.9 Å². The molecule has 0 aromatic heterocycles. The van der Waals surface area contributed by atoms with Gasteiger partial charge in [0.1, 0.15) is 0 Å². The van der Waals surface area contributed by atoms with Crippen molar-refractivity contribution in [2.45, 2.75) is 31.7 Å². The van der Waals surface area contributed by atoms with Crippen LogP contribution in [-0.2, 0) is 22.4 Å². The first-order valence-corrected chi connectivity index (χ1v) is 7.68. The summed E-state index contributed by atoms with van der Waals surface area (Å²) in [7, 11) is 0. The van der Waals surface area contributed by atoms with Crippen LogP contribution in [0.3, 0.4) is 0 Å². The van der Waals surface area contributed by atoms with Crippen LogP contribution < -0.4 is 10.6 Å². The molecule has 0 saturated heterocycles. The Morgan fingerprint density at radius 1 is 1.14 bits per heavy atom. The third-order valence-electron chi connectivity index (χ3n) is 4.29. The van der Waals surface area contributed by atoms with Gasteiger partial charge in [-0.2, -0.15) is 0 Å². The summed E-state index contributed by atoms with van der Waals surface area (Å²) in [6.45, 7) is 0.0597. The van der Waals surface area contributed by atoms with E-state index in [1.54, 1.807) is 0 Å². The molecule has 2 atom stereocenters. The molecule has 116 valence electrons. The van der Waals surface area contributed by atoms with Gasteiger partial charge >= 0.3 is 11.8 Å². The van der Waals surface area contributed by atoms with Crippen LogP contribution in [0, 0.1) is 5.92 Å². The van der Waals surface area contributed by atoms with Crippen molar-refractivity contribution in [2.75, 3.05) is 11.9 Å². The number of rotatable bonds is 3. The van der Waals surface area contributed by atoms with Crippen LogP contribution >= 0.6 is 0 Å². The number of hydrogen-bond donors (Lipinski definition) is 3. The lowest BCUT2D eigenvalue weighted by Gasteiger charge is -2.13. The molecule has 0 heterocycles. The van der Waals surface area contributed by atoms with Gasteiger partial charge in [0.2, 0.25) is 0 Å². The van der Waals surface area contributed by atoms with Gasteiger partial charge in [-0.15, -0.1) is 0 Å². The molecule has 2 aliphatic rings. The number of aliphatic hydroxyl groups excluding tert-OH is 1. The number of fused-ring (bicyclic) bond motifs is 1. The Bertz CT molecular complexity index is 624. The minimum Gasteiger partial charge on any atom is -0.396 e. The quantitative estimate of drug-likeness (QED) is 0.579. The Morgan fingerprint density at radius 3 is 2.73 bits per heavy atom. The molecule has 5 nitrogen and oxygen atoms in total. The summed E-state index contributed by atoms with van der Waals surface area (Å²) in [6.07, 6.45) is 7.58. The summed E-state index contributed by atoms with van der Waals surface area (Å²) in [5.74, 6) is -1.24. The van der Waals surface area contributed by atoms with Crippen molar-refractivity contribution in [1.82, 2.24) is 5.32 Å². The molecule has 5 heteroatoms. The molecule has 0 bridgehead atoms. The molecule has 1 aromatic rings. The standard InChI is InChI=1S/C17H20N2O3/c20-10-11-4-6-14(8-11)18-16(21)17(22)19-15-7-5-12-2-1-3-13(12)9-15/h4-7,9,11,14,20H,1-3,8,10H2,(H,18,21)(H,19,22)/t11-,14+/m0/s1. The number of aryl methyl sites for hydroxylation is 2. The van der Waals surface area contributed by atoms with E-state index in [-0.39, 0.29) is 18.6 Å². The Hall–Kier alpha value is -2.14. The Labute approximate surface area is 129 Å². The maximum Gasteiger partial charge on any atom is 0.313 e. The van der Waals surface area contributed by atoms with Crippen LogP contribution in [-0.4, -0.2) is 29.6 Å². The summed E-state index contributed by atoms with van der Waals surface area (Å²) in [5, 5.41) is 14.4. The summed E-state index contributed by atoms with van der Waals surface area (Å²) in [6, 6.07) is 5.62. The minimum absolute atomic E-state index is 0.0597. The van der Waals surface area contributed by atoms with E-state index < -0.39 is 11.8 Å².